The lowest BCUT2D eigenvalue weighted by Crippen LogP contribution is -2.54. The van der Waals surface area contributed by atoms with Gasteiger partial charge in [-0.2, -0.15) is 0 Å². The largest absolute Gasteiger partial charge is 0.389 e. The van der Waals surface area contributed by atoms with E-state index in [9.17, 15) is 9.90 Å². The monoisotopic (exact) mass is 340 g/mol. The molecule has 4 heteroatoms. The van der Waals surface area contributed by atoms with Gasteiger partial charge in [0.1, 0.15) is 0 Å². The lowest BCUT2D eigenvalue weighted by molar-refractivity contribution is -0.143. The first-order chi connectivity index (χ1) is 12.0. The molecule has 0 unspecified atom stereocenters. The Morgan fingerprint density at radius 3 is 3.04 bits per heavy atom. The number of nitrogens with zero attached hydrogens (tertiary/aromatic N) is 2. The molecular formula is C21H28N2O2. The van der Waals surface area contributed by atoms with Crippen LogP contribution in [0.3, 0.4) is 0 Å². The number of fused-ring (bicyclic) bond motifs is 2. The second-order valence-electron chi connectivity index (χ2n) is 7.96. The topological polar surface area (TPSA) is 45.5 Å². The van der Waals surface area contributed by atoms with Gasteiger partial charge < -0.3 is 14.6 Å². The van der Waals surface area contributed by atoms with Crippen molar-refractivity contribution in [3.8, 4) is 0 Å². The van der Waals surface area contributed by atoms with Crippen LogP contribution in [0.25, 0.3) is 10.9 Å². The highest BCUT2D eigenvalue weighted by atomic mass is 16.3. The average Bonchev–Trinajstić information content (AvgIpc) is 3.00. The number of carbonyl (C=O) groups excluding carboxylic acids is 1. The SMILES string of the molecule is Cc1ccc2c(ccn2CCC(=O)N2CC[C@]3(O)CCCC[C@@H]3C2)c1. The molecule has 1 saturated carbocycles. The Kier molecular flexibility index (Phi) is 4.32. The summed E-state index contributed by atoms with van der Waals surface area (Å²) in [5, 5.41) is 12.0. The summed E-state index contributed by atoms with van der Waals surface area (Å²) >= 11 is 0. The fourth-order valence-electron chi connectivity index (χ4n) is 4.69. The summed E-state index contributed by atoms with van der Waals surface area (Å²) < 4.78 is 2.17. The van der Waals surface area contributed by atoms with Crippen molar-refractivity contribution in [2.24, 2.45) is 5.92 Å². The molecule has 0 bridgehead atoms. The molecule has 1 saturated heterocycles. The van der Waals surface area contributed by atoms with Gasteiger partial charge in [-0.05, 0) is 49.8 Å². The molecule has 2 fully saturated rings. The van der Waals surface area contributed by atoms with Crippen molar-refractivity contribution in [2.75, 3.05) is 13.1 Å². The van der Waals surface area contributed by atoms with Crippen molar-refractivity contribution >= 4 is 16.8 Å². The number of aryl methyl sites for hydroxylation is 2. The third-order valence-electron chi connectivity index (χ3n) is 6.27. The second kappa shape index (κ2) is 6.49. The number of aliphatic hydroxyl groups is 1. The van der Waals surface area contributed by atoms with Crippen LogP contribution >= 0.6 is 0 Å². The van der Waals surface area contributed by atoms with E-state index >= 15 is 0 Å². The molecule has 25 heavy (non-hydrogen) atoms. The highest BCUT2D eigenvalue weighted by Gasteiger charge is 2.43. The van der Waals surface area contributed by atoms with Crippen molar-refractivity contribution < 1.29 is 9.90 Å². The van der Waals surface area contributed by atoms with Gasteiger partial charge in [0, 0.05) is 43.7 Å². The zero-order valence-corrected chi connectivity index (χ0v) is 15.1. The van der Waals surface area contributed by atoms with Crippen LogP contribution in [0.5, 0.6) is 0 Å². The Morgan fingerprint density at radius 2 is 2.16 bits per heavy atom. The molecular weight excluding hydrogens is 312 g/mol. The van der Waals surface area contributed by atoms with E-state index in [1.54, 1.807) is 0 Å². The zero-order chi connectivity index (χ0) is 17.4. The summed E-state index contributed by atoms with van der Waals surface area (Å²) in [4.78, 5) is 14.7. The van der Waals surface area contributed by atoms with E-state index in [1.165, 1.54) is 22.9 Å². The van der Waals surface area contributed by atoms with E-state index in [2.05, 4.69) is 42.0 Å². The summed E-state index contributed by atoms with van der Waals surface area (Å²) in [5.74, 6) is 0.496. The van der Waals surface area contributed by atoms with Crippen LogP contribution in [-0.4, -0.2) is 39.2 Å². The number of hydrogen-bond donors (Lipinski definition) is 1. The van der Waals surface area contributed by atoms with Crippen LogP contribution < -0.4 is 0 Å². The van der Waals surface area contributed by atoms with Gasteiger partial charge in [-0.3, -0.25) is 4.79 Å². The molecule has 1 aliphatic heterocycles. The van der Waals surface area contributed by atoms with Crippen LogP contribution in [-0.2, 0) is 11.3 Å². The van der Waals surface area contributed by atoms with E-state index in [0.717, 1.165) is 38.8 Å². The fraction of sp³-hybridized carbons (Fsp3) is 0.571. The first kappa shape index (κ1) is 16.6. The summed E-state index contributed by atoms with van der Waals surface area (Å²) in [7, 11) is 0. The number of piperidine rings is 1. The van der Waals surface area contributed by atoms with Gasteiger partial charge in [-0.25, -0.2) is 0 Å². The molecule has 4 nitrogen and oxygen atoms in total. The summed E-state index contributed by atoms with van der Waals surface area (Å²) in [5.41, 5.74) is 1.94. The first-order valence-corrected chi connectivity index (χ1v) is 9.61. The van der Waals surface area contributed by atoms with Gasteiger partial charge >= 0.3 is 0 Å². The maximum atomic E-state index is 12.7. The van der Waals surface area contributed by atoms with Crippen LogP contribution in [0, 0.1) is 12.8 Å². The van der Waals surface area contributed by atoms with Crippen molar-refractivity contribution in [3.63, 3.8) is 0 Å². The van der Waals surface area contributed by atoms with E-state index in [1.807, 2.05) is 4.90 Å². The molecule has 0 spiro atoms. The Balaban J connectivity index is 1.39. The molecule has 134 valence electrons. The number of hydrogen-bond acceptors (Lipinski definition) is 2. The third kappa shape index (κ3) is 3.20. The fourth-order valence-corrected chi connectivity index (χ4v) is 4.69. The molecule has 2 heterocycles. The Labute approximate surface area is 149 Å². The van der Waals surface area contributed by atoms with Gasteiger partial charge in [0.15, 0.2) is 0 Å². The van der Waals surface area contributed by atoms with Gasteiger partial charge in [-0.15, -0.1) is 0 Å². The van der Waals surface area contributed by atoms with E-state index < -0.39 is 5.60 Å². The Hall–Kier alpha value is -1.81. The normalized spacial score (nSPS) is 26.6. The maximum Gasteiger partial charge on any atom is 0.224 e. The van der Waals surface area contributed by atoms with Gasteiger partial charge in [0.25, 0.3) is 0 Å². The molecule has 1 aromatic heterocycles. The van der Waals surface area contributed by atoms with Crippen molar-refractivity contribution in [3.05, 3.63) is 36.0 Å². The Morgan fingerprint density at radius 1 is 1.28 bits per heavy atom. The molecule has 0 radical (unpaired) electrons. The number of aromatic nitrogens is 1. The van der Waals surface area contributed by atoms with Gasteiger partial charge in [0.05, 0.1) is 5.60 Å². The number of carbonyl (C=O) groups is 1. The molecule has 4 rings (SSSR count). The lowest BCUT2D eigenvalue weighted by Gasteiger charge is -2.47. The molecule has 1 amide bonds. The van der Waals surface area contributed by atoms with Gasteiger partial charge in [0.2, 0.25) is 5.91 Å². The van der Waals surface area contributed by atoms with Crippen LogP contribution in [0.15, 0.2) is 30.5 Å². The average molecular weight is 340 g/mol. The van der Waals surface area contributed by atoms with Gasteiger partial charge in [-0.1, -0.05) is 24.5 Å². The Bertz CT molecular complexity index is 781. The predicted molar refractivity (Wildman–Crippen MR) is 99.4 cm³/mol. The molecule has 1 aliphatic carbocycles. The molecule has 2 aromatic rings. The second-order valence-corrected chi connectivity index (χ2v) is 7.96. The number of benzene rings is 1. The summed E-state index contributed by atoms with van der Waals surface area (Å²) in [6, 6.07) is 8.56. The van der Waals surface area contributed by atoms with Crippen LogP contribution in [0.1, 0.15) is 44.1 Å². The lowest BCUT2D eigenvalue weighted by atomic mass is 9.71. The molecule has 1 N–H and O–H groups in total. The first-order valence-electron chi connectivity index (χ1n) is 9.61. The van der Waals surface area contributed by atoms with E-state index in [0.29, 0.717) is 13.0 Å². The number of likely N-dealkylation sites (tertiary alicyclic amines) is 1. The summed E-state index contributed by atoms with van der Waals surface area (Å²) in [6.45, 7) is 4.26. The van der Waals surface area contributed by atoms with E-state index in [4.69, 9.17) is 0 Å². The number of rotatable bonds is 3. The van der Waals surface area contributed by atoms with E-state index in [-0.39, 0.29) is 11.8 Å². The molecule has 2 atom stereocenters. The zero-order valence-electron chi connectivity index (χ0n) is 15.1. The highest BCUT2D eigenvalue weighted by molar-refractivity contribution is 5.81. The minimum absolute atomic E-state index is 0.224. The maximum absolute atomic E-state index is 12.7. The molecule has 2 aliphatic rings. The molecule has 1 aromatic carbocycles. The van der Waals surface area contributed by atoms with Crippen molar-refractivity contribution in [1.82, 2.24) is 9.47 Å². The predicted octanol–water partition coefficient (Wildman–Crippen LogP) is 3.49. The standard InChI is InChI=1S/C21H28N2O2/c1-16-5-6-19-17(14-16)7-11-22(19)12-8-20(24)23-13-10-21(25)9-3-2-4-18(21)15-23/h5-7,11,14,18,25H,2-4,8-10,12-13,15H2,1H3/t18-,21-/m1/s1. The number of amides is 1. The minimum atomic E-state index is -0.510. The third-order valence-corrected chi connectivity index (χ3v) is 6.27. The minimum Gasteiger partial charge on any atom is -0.389 e. The van der Waals surface area contributed by atoms with Crippen molar-refractivity contribution in [2.45, 2.75) is 57.6 Å². The smallest absolute Gasteiger partial charge is 0.224 e. The quantitative estimate of drug-likeness (QED) is 0.929. The van der Waals surface area contributed by atoms with Crippen LogP contribution in [0.4, 0.5) is 0 Å². The van der Waals surface area contributed by atoms with Crippen molar-refractivity contribution in [1.29, 1.82) is 0 Å². The van der Waals surface area contributed by atoms with Crippen LogP contribution in [0.2, 0.25) is 0 Å². The summed E-state index contributed by atoms with van der Waals surface area (Å²) in [6.07, 6.45) is 7.63. The highest BCUT2D eigenvalue weighted by Crippen LogP contribution is 2.39.